The summed E-state index contributed by atoms with van der Waals surface area (Å²) in [6.07, 6.45) is -10.7. The highest BCUT2D eigenvalue weighted by Crippen LogP contribution is 2.41. The second kappa shape index (κ2) is 18.5. The van der Waals surface area contributed by atoms with Gasteiger partial charge in [-0.2, -0.15) is 0 Å². The molecule has 0 amide bonds. The Balaban J connectivity index is 2.18. The van der Waals surface area contributed by atoms with Crippen molar-refractivity contribution in [3.05, 3.63) is 12.2 Å². The lowest BCUT2D eigenvalue weighted by Gasteiger charge is -2.49. The fourth-order valence-corrected chi connectivity index (χ4v) is 9.06. The number of methoxy groups -OCH3 is 1. The Hall–Kier alpha value is -1.27. The van der Waals surface area contributed by atoms with Gasteiger partial charge in [0.15, 0.2) is 12.6 Å². The maximum Gasteiger partial charge on any atom is 0.311 e. The second-order valence-electron chi connectivity index (χ2n) is 17.6. The van der Waals surface area contributed by atoms with Crippen molar-refractivity contribution in [3.63, 3.8) is 0 Å². The van der Waals surface area contributed by atoms with Gasteiger partial charge in [-0.25, -0.2) is 0 Å². The molecule has 0 aromatic rings. The fourth-order valence-electron chi connectivity index (χ4n) is 9.06. The van der Waals surface area contributed by atoms with Gasteiger partial charge in [-0.15, -0.1) is 0 Å². The Morgan fingerprint density at radius 2 is 1.54 bits per heavy atom. The van der Waals surface area contributed by atoms with Crippen LogP contribution in [-0.4, -0.2) is 153 Å². The van der Waals surface area contributed by atoms with Crippen molar-refractivity contribution in [2.45, 2.75) is 192 Å². The van der Waals surface area contributed by atoms with Crippen molar-refractivity contribution >= 4 is 5.97 Å². The summed E-state index contributed by atoms with van der Waals surface area (Å²) in [5.41, 5.74) is -3.83. The molecule has 3 heterocycles. The van der Waals surface area contributed by atoms with Gasteiger partial charge in [0.1, 0.15) is 23.9 Å². The van der Waals surface area contributed by atoms with Gasteiger partial charge in [0, 0.05) is 38.0 Å². The van der Waals surface area contributed by atoms with Crippen LogP contribution >= 0.6 is 0 Å². The third-order valence-electron chi connectivity index (χ3n) is 12.5. The van der Waals surface area contributed by atoms with E-state index in [1.165, 1.54) is 14.0 Å². The molecule has 14 heteroatoms. The summed E-state index contributed by atoms with van der Waals surface area (Å²) in [6.45, 7) is 23.2. The van der Waals surface area contributed by atoms with Crippen molar-refractivity contribution in [2.24, 2.45) is 23.7 Å². The number of hydrogen-bond donors (Lipinski definition) is 6. The molecule has 19 atom stereocenters. The lowest BCUT2D eigenvalue weighted by atomic mass is 9.73. The number of aliphatic hydroxyl groups excluding tert-OH is 4. The van der Waals surface area contributed by atoms with E-state index in [2.05, 4.69) is 6.58 Å². The molecule has 0 aromatic carbocycles. The lowest BCUT2D eigenvalue weighted by molar-refractivity contribution is -0.318. The molecule has 0 unspecified atom stereocenters. The van der Waals surface area contributed by atoms with E-state index in [4.69, 9.17) is 28.4 Å². The first-order valence-corrected chi connectivity index (χ1v) is 19.7. The molecule has 3 aliphatic heterocycles. The third-order valence-corrected chi connectivity index (χ3v) is 12.5. The number of ether oxygens (including phenoxy) is 6. The van der Waals surface area contributed by atoms with Crippen LogP contribution in [0, 0.1) is 23.7 Å². The van der Waals surface area contributed by atoms with E-state index < -0.39 is 108 Å². The van der Waals surface area contributed by atoms with E-state index in [-0.39, 0.29) is 31.4 Å². The van der Waals surface area contributed by atoms with Crippen LogP contribution in [0.1, 0.15) is 102 Å². The molecule has 0 aliphatic carbocycles. The number of aliphatic hydroxyl groups is 6. The second-order valence-corrected chi connectivity index (χ2v) is 17.6. The van der Waals surface area contributed by atoms with E-state index in [1.807, 2.05) is 25.8 Å². The Bertz CT molecular complexity index is 1230. The van der Waals surface area contributed by atoms with Gasteiger partial charge in [-0.1, -0.05) is 39.8 Å². The molecule has 54 heavy (non-hydrogen) atoms. The van der Waals surface area contributed by atoms with Gasteiger partial charge in [-0.05, 0) is 80.7 Å². The SMILES string of the molecule is C=C(C)CN(C)[C@H]1C[C@@H](C)O[C@@H](O[C@@H]2[C@@H](C)[C@H](O[C@@H]3C[C@@](C)(OC)[C@@H](O)[C@H](C)O3)[C@@H](C)C(=O)O[C@H](CC)[C@@](C)(O)[C@H](O)[C@@H](C)[C@@H](O)[C@H](C)C[C@@]2(C)O)[C@@H]1O. The number of likely N-dealkylation sites (N-methyl/N-ethyl adjacent to an activating group) is 1. The third kappa shape index (κ3) is 10.4. The number of hydrogen-bond acceptors (Lipinski definition) is 14. The van der Waals surface area contributed by atoms with Crippen molar-refractivity contribution in [3.8, 4) is 0 Å². The molecular formula is C40H73NO13. The summed E-state index contributed by atoms with van der Waals surface area (Å²) in [4.78, 5) is 16.2. The van der Waals surface area contributed by atoms with Gasteiger partial charge in [-0.3, -0.25) is 9.69 Å². The summed E-state index contributed by atoms with van der Waals surface area (Å²) in [7, 11) is 3.38. The van der Waals surface area contributed by atoms with Crippen LogP contribution in [0.25, 0.3) is 0 Å². The molecule has 0 radical (unpaired) electrons. The fraction of sp³-hybridized carbons (Fsp3) is 0.925. The van der Waals surface area contributed by atoms with E-state index in [0.29, 0.717) is 13.0 Å². The first-order chi connectivity index (χ1) is 24.8. The first kappa shape index (κ1) is 47.1. The van der Waals surface area contributed by atoms with Crippen LogP contribution in [0.5, 0.6) is 0 Å². The van der Waals surface area contributed by atoms with Gasteiger partial charge in [0.25, 0.3) is 0 Å². The first-order valence-electron chi connectivity index (χ1n) is 19.7. The maximum absolute atomic E-state index is 14.2. The van der Waals surface area contributed by atoms with Gasteiger partial charge >= 0.3 is 5.97 Å². The summed E-state index contributed by atoms with van der Waals surface area (Å²) < 4.78 is 37.4. The standard InChI is InChI=1S/C40H73NO13/c1-15-28-40(12,48)33(44)23(6)30(42)21(4)17-38(10,47)35(54-37-31(43)27(16-22(5)50-37)41(13)19-20(2)3)24(7)32(25(8)36(46)52-28)53-29-18-39(11,49-14)34(45)26(9)51-29/h21-35,37,42-45,47-48H,2,15-19H2,1,3-14H3/t21-,22-,23+,24+,25-,26+,27+,28-,29-,30+,31-,32+,33-,34+,35-,37+,38-,39-,40-/m1/s1. The summed E-state index contributed by atoms with van der Waals surface area (Å²) in [5, 5.41) is 69.9. The predicted octanol–water partition coefficient (Wildman–Crippen LogP) is 2.52. The van der Waals surface area contributed by atoms with Crippen LogP contribution in [0.4, 0.5) is 0 Å². The lowest BCUT2D eigenvalue weighted by Crippen LogP contribution is -2.61. The topological polar surface area (TPSA) is 197 Å². The predicted molar refractivity (Wildman–Crippen MR) is 201 cm³/mol. The van der Waals surface area contributed by atoms with E-state index >= 15 is 0 Å². The monoisotopic (exact) mass is 776 g/mol. The normalized spacial score (nSPS) is 48.9. The average molecular weight is 776 g/mol. The van der Waals surface area contributed by atoms with Gasteiger partial charge in [0.2, 0.25) is 0 Å². The molecule has 3 aliphatic rings. The number of cyclic esters (lactones) is 1. The quantitative estimate of drug-likeness (QED) is 0.148. The molecule has 0 spiro atoms. The highest BCUT2D eigenvalue weighted by Gasteiger charge is 2.53. The van der Waals surface area contributed by atoms with E-state index in [0.717, 1.165) is 5.57 Å². The molecule has 0 aromatic heterocycles. The highest BCUT2D eigenvalue weighted by molar-refractivity contribution is 5.73. The summed E-state index contributed by atoms with van der Waals surface area (Å²) in [5.74, 6) is -4.17. The van der Waals surface area contributed by atoms with Crippen LogP contribution in [0.15, 0.2) is 12.2 Å². The van der Waals surface area contributed by atoms with Crippen molar-refractivity contribution in [2.75, 3.05) is 20.7 Å². The van der Waals surface area contributed by atoms with Gasteiger partial charge in [0.05, 0.1) is 53.7 Å². The van der Waals surface area contributed by atoms with Crippen molar-refractivity contribution < 1.29 is 63.9 Å². The van der Waals surface area contributed by atoms with Crippen LogP contribution in [0.3, 0.4) is 0 Å². The van der Waals surface area contributed by atoms with Gasteiger partial charge < -0.3 is 59.1 Å². The molecular weight excluding hydrogens is 702 g/mol. The molecule has 14 nitrogen and oxygen atoms in total. The largest absolute Gasteiger partial charge is 0.459 e. The number of nitrogens with zero attached hydrogens (tertiary/aromatic N) is 1. The Kier molecular flexibility index (Phi) is 16.2. The number of rotatable bonds is 9. The molecule has 0 bridgehead atoms. The zero-order valence-electron chi connectivity index (χ0n) is 35.0. The molecule has 3 saturated heterocycles. The van der Waals surface area contributed by atoms with E-state index in [1.54, 1.807) is 55.4 Å². The number of esters is 1. The molecule has 316 valence electrons. The number of carbonyl (C=O) groups excluding carboxylic acids is 1. The van der Waals surface area contributed by atoms with Crippen LogP contribution < -0.4 is 0 Å². The maximum atomic E-state index is 14.2. The molecule has 6 N–H and O–H groups in total. The highest BCUT2D eigenvalue weighted by atomic mass is 16.7. The van der Waals surface area contributed by atoms with Crippen molar-refractivity contribution in [1.82, 2.24) is 4.90 Å². The zero-order valence-corrected chi connectivity index (χ0v) is 35.0. The molecule has 3 fully saturated rings. The number of carbonyl (C=O) groups is 1. The zero-order chi connectivity index (χ0) is 41.2. The summed E-state index contributed by atoms with van der Waals surface area (Å²) in [6, 6.07) is -0.368. The summed E-state index contributed by atoms with van der Waals surface area (Å²) >= 11 is 0. The van der Waals surface area contributed by atoms with Crippen molar-refractivity contribution in [1.29, 1.82) is 0 Å². The molecule has 0 saturated carbocycles. The Morgan fingerprint density at radius 1 is 0.926 bits per heavy atom. The minimum Gasteiger partial charge on any atom is -0.459 e. The minimum atomic E-state index is -1.94. The van der Waals surface area contributed by atoms with Crippen LogP contribution in [0.2, 0.25) is 0 Å². The van der Waals surface area contributed by atoms with Crippen LogP contribution in [-0.2, 0) is 33.2 Å². The minimum absolute atomic E-state index is 0.0482. The molecule has 3 rings (SSSR count). The Labute approximate surface area is 323 Å². The smallest absolute Gasteiger partial charge is 0.311 e. The average Bonchev–Trinajstić information content (AvgIpc) is 3.08. The van der Waals surface area contributed by atoms with E-state index in [9.17, 15) is 35.4 Å². The Morgan fingerprint density at radius 3 is 2.09 bits per heavy atom.